The molecular weight excluding hydrogens is 464 g/mol. The van der Waals surface area contributed by atoms with E-state index in [9.17, 15) is 19.8 Å². The zero-order valence-corrected chi connectivity index (χ0v) is 22.5. The molecule has 3 N–H and O–H groups in total. The Kier molecular flexibility index (Phi) is 9.07. The first-order valence-corrected chi connectivity index (χ1v) is 13.4. The SMILES string of the molecule is CNC1/C=C(/C)CCC[C@@H]2C[C@](C)(C(=O)[C@H](C)[C@H]2O)[C@@H](O)CC(=O)O[C@@H]1/C(C)=C/c1csc(C)n1. The molecule has 1 saturated carbocycles. The quantitative estimate of drug-likeness (QED) is 0.424. The first-order chi connectivity index (χ1) is 16.5. The van der Waals surface area contributed by atoms with Crippen molar-refractivity contribution in [2.45, 2.75) is 91.1 Å². The maximum Gasteiger partial charge on any atom is 0.309 e. The van der Waals surface area contributed by atoms with Crippen LogP contribution in [0.2, 0.25) is 0 Å². The number of Topliss-reactive ketones (excluding diaryl/α,β-unsaturated/α-hetero) is 1. The van der Waals surface area contributed by atoms with Crippen molar-refractivity contribution in [3.05, 3.63) is 33.3 Å². The molecule has 1 unspecified atom stereocenters. The molecule has 194 valence electrons. The molecule has 1 aliphatic carbocycles. The van der Waals surface area contributed by atoms with Gasteiger partial charge in [0.25, 0.3) is 0 Å². The average Bonchev–Trinajstić information content (AvgIpc) is 3.21. The Hall–Kier alpha value is -1.87. The molecule has 1 aromatic heterocycles. The number of likely N-dealkylation sites (N-methyl/N-ethyl adjacent to an activating group) is 1. The van der Waals surface area contributed by atoms with Gasteiger partial charge < -0.3 is 20.3 Å². The first kappa shape index (κ1) is 27.7. The highest BCUT2D eigenvalue weighted by atomic mass is 32.1. The van der Waals surface area contributed by atoms with Crippen LogP contribution >= 0.6 is 11.3 Å². The van der Waals surface area contributed by atoms with E-state index < -0.39 is 35.6 Å². The van der Waals surface area contributed by atoms with Crippen molar-refractivity contribution < 1.29 is 24.5 Å². The Balaban J connectivity index is 1.96. The van der Waals surface area contributed by atoms with Crippen molar-refractivity contribution in [2.24, 2.45) is 17.3 Å². The van der Waals surface area contributed by atoms with Gasteiger partial charge in [-0.1, -0.05) is 25.5 Å². The van der Waals surface area contributed by atoms with Crippen LogP contribution in [-0.2, 0) is 14.3 Å². The normalized spacial score (nSPS) is 37.3. The summed E-state index contributed by atoms with van der Waals surface area (Å²) in [7, 11) is 1.83. The number of hydrogen-bond acceptors (Lipinski definition) is 8. The van der Waals surface area contributed by atoms with E-state index in [0.29, 0.717) is 6.42 Å². The summed E-state index contributed by atoms with van der Waals surface area (Å²) in [5.74, 6) is -1.43. The molecule has 1 aliphatic heterocycles. The Labute approximate surface area is 212 Å². The average molecular weight is 505 g/mol. The number of ketones is 1. The van der Waals surface area contributed by atoms with Crippen LogP contribution in [0.3, 0.4) is 0 Å². The van der Waals surface area contributed by atoms with Crippen LogP contribution in [0.4, 0.5) is 0 Å². The number of hydrogen-bond donors (Lipinski definition) is 3. The standard InChI is InChI=1S/C27H40N2O5S/c1-15-8-7-9-19-13-27(5,26(33)17(3)24(19)32)22(30)12-23(31)34-25(21(10-15)28-6)16(2)11-20-14-35-18(4)29-20/h10-11,14,17,19,21-22,24-25,28,30,32H,7-9,12-13H2,1-6H3/b15-10-,16-11+/t17-,19-,21?,22+,24-,25-,27+/m1/s1. The topological polar surface area (TPSA) is 109 Å². The number of thiazole rings is 1. The van der Waals surface area contributed by atoms with Crippen molar-refractivity contribution >= 4 is 29.2 Å². The molecule has 0 spiro atoms. The molecule has 2 aliphatic rings. The number of aliphatic hydroxyl groups excluding tert-OH is 2. The molecule has 35 heavy (non-hydrogen) atoms. The Morgan fingerprint density at radius 1 is 1.31 bits per heavy atom. The number of carbonyl (C=O) groups is 2. The number of aromatic nitrogens is 1. The minimum absolute atomic E-state index is 0.103. The fourth-order valence-electron chi connectivity index (χ4n) is 5.56. The number of aliphatic hydroxyl groups is 2. The molecule has 2 bridgehead atoms. The Morgan fingerprint density at radius 2 is 2.03 bits per heavy atom. The van der Waals surface area contributed by atoms with Gasteiger partial charge in [0.15, 0.2) is 0 Å². The van der Waals surface area contributed by atoms with Gasteiger partial charge in [-0.05, 0) is 71.1 Å². The highest BCUT2D eigenvalue weighted by molar-refractivity contribution is 7.09. The number of nitrogens with one attached hydrogen (secondary N) is 1. The van der Waals surface area contributed by atoms with E-state index >= 15 is 0 Å². The molecule has 2 heterocycles. The molecule has 1 aromatic rings. The van der Waals surface area contributed by atoms with Gasteiger partial charge in [-0.2, -0.15) is 0 Å². The lowest BCUT2D eigenvalue weighted by molar-refractivity contribution is -0.161. The van der Waals surface area contributed by atoms with Crippen molar-refractivity contribution in [2.75, 3.05) is 7.05 Å². The molecule has 0 radical (unpaired) electrons. The monoisotopic (exact) mass is 504 g/mol. The third kappa shape index (κ3) is 6.28. The van der Waals surface area contributed by atoms with Gasteiger partial charge in [-0.15, -0.1) is 11.3 Å². The summed E-state index contributed by atoms with van der Waals surface area (Å²) in [6.45, 7) is 9.37. The molecule has 7 atom stereocenters. The maximum absolute atomic E-state index is 13.1. The van der Waals surface area contributed by atoms with Crippen LogP contribution in [0, 0.1) is 24.2 Å². The van der Waals surface area contributed by atoms with Crippen molar-refractivity contribution in [3.8, 4) is 0 Å². The van der Waals surface area contributed by atoms with Gasteiger partial charge >= 0.3 is 5.97 Å². The summed E-state index contributed by atoms with van der Waals surface area (Å²) in [5, 5.41) is 28.0. The summed E-state index contributed by atoms with van der Waals surface area (Å²) in [4.78, 5) is 30.7. The molecular formula is C27H40N2O5S. The van der Waals surface area contributed by atoms with Gasteiger partial charge in [0.05, 0.1) is 40.8 Å². The molecule has 1 fully saturated rings. The van der Waals surface area contributed by atoms with Crippen LogP contribution in [0.1, 0.15) is 70.5 Å². The van der Waals surface area contributed by atoms with Crippen molar-refractivity contribution in [1.29, 1.82) is 0 Å². The Bertz CT molecular complexity index is 986. The number of allylic oxidation sites excluding steroid dienone is 1. The lowest BCUT2D eigenvalue weighted by Gasteiger charge is -2.45. The van der Waals surface area contributed by atoms with Crippen LogP contribution < -0.4 is 5.32 Å². The van der Waals surface area contributed by atoms with Crippen LogP contribution in [0.25, 0.3) is 6.08 Å². The number of nitrogens with zero attached hydrogens (tertiary/aromatic N) is 1. The molecule has 0 aromatic carbocycles. The highest BCUT2D eigenvalue weighted by Crippen LogP contribution is 2.44. The van der Waals surface area contributed by atoms with Gasteiger partial charge in [-0.25, -0.2) is 4.98 Å². The number of aryl methyl sites for hydroxylation is 1. The Morgan fingerprint density at radius 3 is 2.66 bits per heavy atom. The second-order valence-electron chi connectivity index (χ2n) is 10.6. The predicted octanol–water partition coefficient (Wildman–Crippen LogP) is 3.83. The smallest absolute Gasteiger partial charge is 0.309 e. The van der Waals surface area contributed by atoms with Gasteiger partial charge in [-0.3, -0.25) is 9.59 Å². The summed E-state index contributed by atoms with van der Waals surface area (Å²) in [5.41, 5.74) is 1.72. The fraction of sp³-hybridized carbons (Fsp3) is 0.667. The van der Waals surface area contributed by atoms with E-state index in [1.807, 2.05) is 32.4 Å². The van der Waals surface area contributed by atoms with E-state index in [2.05, 4.69) is 23.3 Å². The number of ether oxygens (including phenoxy) is 1. The third-order valence-electron chi connectivity index (χ3n) is 7.74. The largest absolute Gasteiger partial charge is 0.456 e. The number of carbonyl (C=O) groups excluding carboxylic acids is 2. The fourth-order valence-corrected chi connectivity index (χ4v) is 6.13. The molecule has 0 amide bonds. The van der Waals surface area contributed by atoms with Gasteiger partial charge in [0, 0.05) is 11.3 Å². The van der Waals surface area contributed by atoms with E-state index in [1.165, 1.54) is 0 Å². The number of fused-ring (bicyclic) bond motifs is 2. The molecule has 8 heteroatoms. The molecule has 3 rings (SSSR count). The second kappa shape index (κ2) is 11.5. The zero-order valence-electron chi connectivity index (χ0n) is 21.7. The van der Waals surface area contributed by atoms with Gasteiger partial charge in [0.1, 0.15) is 11.9 Å². The van der Waals surface area contributed by atoms with E-state index in [1.54, 1.807) is 25.2 Å². The maximum atomic E-state index is 13.1. The van der Waals surface area contributed by atoms with Crippen molar-refractivity contribution in [3.63, 3.8) is 0 Å². The lowest BCUT2D eigenvalue weighted by atomic mass is 9.60. The van der Waals surface area contributed by atoms with Crippen LogP contribution in [0.15, 0.2) is 22.6 Å². The number of cyclic esters (lactones) is 1. The van der Waals surface area contributed by atoms with Crippen LogP contribution in [0.5, 0.6) is 0 Å². The minimum Gasteiger partial charge on any atom is -0.456 e. The molecule has 7 nitrogen and oxygen atoms in total. The van der Waals surface area contributed by atoms with Crippen molar-refractivity contribution in [1.82, 2.24) is 10.3 Å². The summed E-state index contributed by atoms with van der Waals surface area (Å²) in [6.07, 6.45) is 4.04. The second-order valence-corrected chi connectivity index (χ2v) is 11.6. The highest BCUT2D eigenvalue weighted by Gasteiger charge is 2.52. The minimum atomic E-state index is -1.18. The zero-order chi connectivity index (χ0) is 25.9. The first-order valence-electron chi connectivity index (χ1n) is 12.5. The predicted molar refractivity (Wildman–Crippen MR) is 138 cm³/mol. The summed E-state index contributed by atoms with van der Waals surface area (Å²) in [6, 6.07) is -0.266. The lowest BCUT2D eigenvalue weighted by Crippen LogP contribution is -2.54. The van der Waals surface area contributed by atoms with Crippen LogP contribution in [-0.4, -0.2) is 58.4 Å². The summed E-state index contributed by atoms with van der Waals surface area (Å²) >= 11 is 1.56. The number of rotatable bonds is 3. The van der Waals surface area contributed by atoms with E-state index in [4.69, 9.17) is 4.74 Å². The van der Waals surface area contributed by atoms with E-state index in [-0.39, 0.29) is 24.2 Å². The molecule has 0 saturated heterocycles. The summed E-state index contributed by atoms with van der Waals surface area (Å²) < 4.78 is 5.96. The third-order valence-corrected chi connectivity index (χ3v) is 8.53. The van der Waals surface area contributed by atoms with E-state index in [0.717, 1.165) is 41.1 Å². The van der Waals surface area contributed by atoms with Gasteiger partial charge in [0.2, 0.25) is 0 Å². The number of esters is 1.